The number of hydrogen-bond acceptors (Lipinski definition) is 6. The van der Waals surface area contributed by atoms with Crippen molar-refractivity contribution in [2.45, 2.75) is 6.04 Å². The summed E-state index contributed by atoms with van der Waals surface area (Å²) in [5.74, 6) is -0.318. The zero-order valence-corrected chi connectivity index (χ0v) is 17.2. The lowest BCUT2D eigenvalue weighted by molar-refractivity contribution is -0.136. The second kappa shape index (κ2) is 9.05. The lowest BCUT2D eigenvalue weighted by atomic mass is 9.95. The topological polar surface area (TPSA) is 104 Å². The Labute approximate surface area is 179 Å². The number of furan rings is 1. The molecule has 1 atom stereocenters. The number of benzene rings is 1. The van der Waals surface area contributed by atoms with Gasteiger partial charge in [-0.2, -0.15) is 0 Å². The van der Waals surface area contributed by atoms with Gasteiger partial charge in [-0.25, -0.2) is 9.59 Å². The number of hydrogen-bond donors (Lipinski definition) is 2. The molecular formula is C22H24N4O5. The fraction of sp³-hybridized carbons (Fsp3) is 0.318. The van der Waals surface area contributed by atoms with E-state index in [1.165, 1.54) is 13.4 Å². The van der Waals surface area contributed by atoms with E-state index in [2.05, 4.69) is 15.5 Å². The number of amides is 3. The Balaban J connectivity index is 1.51. The SMILES string of the molecule is COC(=O)C1=C(CN2CCN(C(=O)c3ccco3)CC2)NC(=O)N[C@@H]1c1ccccc1. The van der Waals surface area contributed by atoms with Crippen LogP contribution in [0.1, 0.15) is 22.2 Å². The van der Waals surface area contributed by atoms with Crippen LogP contribution >= 0.6 is 0 Å². The van der Waals surface area contributed by atoms with E-state index in [1.807, 2.05) is 30.3 Å². The van der Waals surface area contributed by atoms with Crippen molar-refractivity contribution in [3.8, 4) is 0 Å². The highest BCUT2D eigenvalue weighted by Crippen LogP contribution is 2.28. The van der Waals surface area contributed by atoms with E-state index in [-0.39, 0.29) is 11.9 Å². The summed E-state index contributed by atoms with van der Waals surface area (Å²) >= 11 is 0. The summed E-state index contributed by atoms with van der Waals surface area (Å²) in [6.45, 7) is 2.61. The molecule has 2 aliphatic heterocycles. The molecular weight excluding hydrogens is 400 g/mol. The van der Waals surface area contributed by atoms with Gasteiger partial charge in [0.2, 0.25) is 0 Å². The molecule has 0 aliphatic carbocycles. The molecule has 0 radical (unpaired) electrons. The Bertz CT molecular complexity index is 979. The van der Waals surface area contributed by atoms with Crippen LogP contribution < -0.4 is 10.6 Å². The van der Waals surface area contributed by atoms with Gasteiger partial charge in [0.15, 0.2) is 5.76 Å². The molecule has 2 aliphatic rings. The van der Waals surface area contributed by atoms with E-state index in [0.29, 0.717) is 49.8 Å². The first-order chi connectivity index (χ1) is 15.1. The van der Waals surface area contributed by atoms with Crippen LogP contribution in [0.25, 0.3) is 0 Å². The maximum atomic E-state index is 12.6. The number of nitrogens with one attached hydrogen (secondary N) is 2. The minimum absolute atomic E-state index is 0.140. The lowest BCUT2D eigenvalue weighted by Crippen LogP contribution is -2.52. The molecule has 9 heteroatoms. The summed E-state index contributed by atoms with van der Waals surface area (Å²) in [4.78, 5) is 41.3. The van der Waals surface area contributed by atoms with Gasteiger partial charge in [0.05, 0.1) is 25.0 Å². The molecule has 9 nitrogen and oxygen atoms in total. The van der Waals surface area contributed by atoms with Crippen molar-refractivity contribution in [1.82, 2.24) is 20.4 Å². The molecule has 1 aromatic carbocycles. The van der Waals surface area contributed by atoms with E-state index < -0.39 is 12.0 Å². The zero-order valence-electron chi connectivity index (χ0n) is 17.2. The molecule has 3 amide bonds. The molecule has 1 fully saturated rings. The second-order valence-electron chi connectivity index (χ2n) is 7.37. The Morgan fingerprint density at radius 1 is 1.10 bits per heavy atom. The highest BCUT2D eigenvalue weighted by molar-refractivity contribution is 5.95. The number of esters is 1. The Kier molecular flexibility index (Phi) is 6.03. The highest BCUT2D eigenvalue weighted by Gasteiger charge is 2.34. The average Bonchev–Trinajstić information content (AvgIpc) is 3.34. The van der Waals surface area contributed by atoms with Crippen LogP contribution in [0.2, 0.25) is 0 Å². The molecule has 0 saturated carbocycles. The number of carbonyl (C=O) groups excluding carboxylic acids is 3. The Morgan fingerprint density at radius 3 is 2.48 bits per heavy atom. The largest absolute Gasteiger partial charge is 0.466 e. The molecule has 0 spiro atoms. The van der Waals surface area contributed by atoms with Crippen LogP contribution in [0.15, 0.2) is 64.4 Å². The maximum Gasteiger partial charge on any atom is 0.338 e. The predicted octanol–water partition coefficient (Wildman–Crippen LogP) is 1.52. The van der Waals surface area contributed by atoms with Crippen LogP contribution in [-0.2, 0) is 9.53 Å². The van der Waals surface area contributed by atoms with Crippen LogP contribution in [0.4, 0.5) is 4.79 Å². The number of ether oxygens (including phenoxy) is 1. The second-order valence-corrected chi connectivity index (χ2v) is 7.37. The van der Waals surface area contributed by atoms with E-state index in [0.717, 1.165) is 5.56 Å². The van der Waals surface area contributed by atoms with Crippen LogP contribution in [0.3, 0.4) is 0 Å². The normalized spacial score (nSPS) is 19.6. The number of rotatable bonds is 5. The molecule has 1 saturated heterocycles. The summed E-state index contributed by atoms with van der Waals surface area (Å²) < 4.78 is 10.2. The Hall–Kier alpha value is -3.59. The van der Waals surface area contributed by atoms with E-state index in [1.54, 1.807) is 17.0 Å². The van der Waals surface area contributed by atoms with E-state index >= 15 is 0 Å². The minimum atomic E-state index is -0.598. The number of carbonyl (C=O) groups is 3. The number of urea groups is 1. The smallest absolute Gasteiger partial charge is 0.338 e. The fourth-order valence-electron chi connectivity index (χ4n) is 3.88. The van der Waals surface area contributed by atoms with Crippen molar-refractivity contribution in [1.29, 1.82) is 0 Å². The van der Waals surface area contributed by atoms with Crippen LogP contribution in [0, 0.1) is 0 Å². The molecule has 31 heavy (non-hydrogen) atoms. The fourth-order valence-corrected chi connectivity index (χ4v) is 3.88. The predicted molar refractivity (Wildman–Crippen MR) is 111 cm³/mol. The Morgan fingerprint density at radius 2 is 1.84 bits per heavy atom. The molecule has 2 aromatic rings. The maximum absolute atomic E-state index is 12.6. The summed E-state index contributed by atoms with van der Waals surface area (Å²) in [7, 11) is 1.32. The van der Waals surface area contributed by atoms with Crippen molar-refractivity contribution >= 4 is 17.9 Å². The number of piperazine rings is 1. The van der Waals surface area contributed by atoms with Crippen molar-refractivity contribution < 1.29 is 23.5 Å². The molecule has 4 rings (SSSR count). The van der Waals surface area contributed by atoms with Gasteiger partial charge < -0.3 is 24.7 Å². The molecule has 0 bridgehead atoms. The van der Waals surface area contributed by atoms with E-state index in [9.17, 15) is 14.4 Å². The first-order valence-electron chi connectivity index (χ1n) is 10.1. The standard InChI is InChI=1S/C22H24N4O5/c1-30-21(28)18-16(23-22(29)24-19(18)15-6-3-2-4-7-15)14-25-9-11-26(12-10-25)20(27)17-8-5-13-31-17/h2-8,13,19H,9-12,14H2,1H3,(H2,23,24,29)/t19-/m1/s1. The van der Waals surface area contributed by atoms with Crippen molar-refractivity contribution in [2.75, 3.05) is 39.8 Å². The van der Waals surface area contributed by atoms with Gasteiger partial charge in [0, 0.05) is 38.4 Å². The van der Waals surface area contributed by atoms with Gasteiger partial charge >= 0.3 is 12.0 Å². The van der Waals surface area contributed by atoms with Gasteiger partial charge in [-0.1, -0.05) is 30.3 Å². The third kappa shape index (κ3) is 4.46. The monoisotopic (exact) mass is 424 g/mol. The van der Waals surface area contributed by atoms with Crippen molar-refractivity contribution in [3.05, 3.63) is 71.3 Å². The molecule has 0 unspecified atom stereocenters. The summed E-state index contributed by atoms with van der Waals surface area (Å²) in [6, 6.07) is 11.7. The van der Waals surface area contributed by atoms with Crippen molar-refractivity contribution in [3.63, 3.8) is 0 Å². The van der Waals surface area contributed by atoms with Gasteiger partial charge in [-0.15, -0.1) is 0 Å². The van der Waals surface area contributed by atoms with Gasteiger partial charge in [0.1, 0.15) is 0 Å². The molecule has 2 N–H and O–H groups in total. The third-order valence-corrected chi connectivity index (χ3v) is 5.47. The molecule has 162 valence electrons. The lowest BCUT2D eigenvalue weighted by Gasteiger charge is -2.36. The number of nitrogens with zero attached hydrogens (tertiary/aromatic N) is 2. The van der Waals surface area contributed by atoms with Gasteiger partial charge in [-0.3, -0.25) is 9.69 Å². The van der Waals surface area contributed by atoms with E-state index in [4.69, 9.17) is 9.15 Å². The van der Waals surface area contributed by atoms with Crippen molar-refractivity contribution in [2.24, 2.45) is 0 Å². The van der Waals surface area contributed by atoms with Gasteiger partial charge in [0.25, 0.3) is 5.91 Å². The first-order valence-corrected chi connectivity index (χ1v) is 10.1. The number of methoxy groups -OCH3 is 1. The zero-order chi connectivity index (χ0) is 21.8. The van der Waals surface area contributed by atoms with Crippen LogP contribution in [0.5, 0.6) is 0 Å². The minimum Gasteiger partial charge on any atom is -0.466 e. The summed E-state index contributed by atoms with van der Waals surface area (Å²) in [5, 5.41) is 5.59. The first kappa shape index (κ1) is 20.7. The summed E-state index contributed by atoms with van der Waals surface area (Å²) in [5.41, 5.74) is 1.68. The average molecular weight is 424 g/mol. The molecule has 3 heterocycles. The molecule has 1 aromatic heterocycles. The third-order valence-electron chi connectivity index (χ3n) is 5.47. The summed E-state index contributed by atoms with van der Waals surface area (Å²) in [6.07, 6.45) is 1.48. The highest BCUT2D eigenvalue weighted by atomic mass is 16.5. The van der Waals surface area contributed by atoms with Crippen LogP contribution in [-0.4, -0.2) is 67.5 Å². The quantitative estimate of drug-likeness (QED) is 0.706. The van der Waals surface area contributed by atoms with Gasteiger partial charge in [-0.05, 0) is 17.7 Å².